The Morgan fingerprint density at radius 3 is 2.74 bits per heavy atom. The summed E-state index contributed by atoms with van der Waals surface area (Å²) in [5.41, 5.74) is 5.40. The van der Waals surface area contributed by atoms with Crippen LogP contribution in [-0.2, 0) is 4.79 Å². The van der Waals surface area contributed by atoms with Crippen LogP contribution in [0.25, 0.3) is 0 Å². The number of aliphatic carboxylic acids is 1. The van der Waals surface area contributed by atoms with Crippen molar-refractivity contribution in [2.75, 3.05) is 6.54 Å². The lowest BCUT2D eigenvalue weighted by Gasteiger charge is -2.25. The van der Waals surface area contributed by atoms with E-state index in [-0.39, 0.29) is 12.2 Å². The van der Waals surface area contributed by atoms with E-state index in [4.69, 9.17) is 5.73 Å². The molecule has 1 aromatic rings. The van der Waals surface area contributed by atoms with E-state index in [1.54, 1.807) is 0 Å². The van der Waals surface area contributed by atoms with Crippen molar-refractivity contribution in [3.8, 4) is 0 Å². The number of carboxylic acids is 1. The maximum atomic E-state index is 11.7. The number of nitrogens with two attached hydrogens (primary N) is 1. The summed E-state index contributed by atoms with van der Waals surface area (Å²) >= 11 is 0. The summed E-state index contributed by atoms with van der Waals surface area (Å²) in [6.45, 7) is 0.0176. The van der Waals surface area contributed by atoms with Gasteiger partial charge in [0.05, 0.1) is 6.54 Å². The van der Waals surface area contributed by atoms with Gasteiger partial charge in [-0.2, -0.15) is 14.8 Å². The van der Waals surface area contributed by atoms with Crippen LogP contribution in [0.2, 0.25) is 0 Å². The van der Waals surface area contributed by atoms with E-state index in [1.807, 2.05) is 0 Å². The molecule has 1 saturated heterocycles. The first-order valence-electron chi connectivity index (χ1n) is 5.32. The number of carbonyl (C=O) groups excluding carboxylic acids is 2. The summed E-state index contributed by atoms with van der Waals surface area (Å²) in [6.07, 6.45) is 1.23. The Kier molecular flexibility index (Phi) is 2.08. The summed E-state index contributed by atoms with van der Waals surface area (Å²) in [5, 5.41) is 23.1. The predicted molar refractivity (Wildman–Crippen MR) is 56.1 cm³/mol. The first-order chi connectivity index (χ1) is 8.91. The van der Waals surface area contributed by atoms with Gasteiger partial charge in [0.25, 0.3) is 0 Å². The maximum Gasteiger partial charge on any atom is 0.345 e. The molecule has 1 fully saturated rings. The number of hydroxylamine groups is 2. The molecule has 10 nitrogen and oxygen atoms in total. The summed E-state index contributed by atoms with van der Waals surface area (Å²) in [7, 11) is 0. The molecule has 2 aliphatic rings. The average Bonchev–Trinajstić information content (AvgIpc) is 2.87. The van der Waals surface area contributed by atoms with Gasteiger partial charge in [-0.1, -0.05) is 0 Å². The van der Waals surface area contributed by atoms with Crippen molar-refractivity contribution in [1.82, 2.24) is 19.7 Å². The van der Waals surface area contributed by atoms with Gasteiger partial charge in [-0.25, -0.2) is 14.4 Å². The monoisotopic (exact) mass is 267 g/mol. The lowest BCUT2D eigenvalue weighted by Crippen LogP contribution is -2.38. The summed E-state index contributed by atoms with van der Waals surface area (Å²) < 4.78 is 0.792. The van der Waals surface area contributed by atoms with E-state index in [0.29, 0.717) is 10.6 Å². The minimum atomic E-state index is -1.34. The van der Waals surface area contributed by atoms with E-state index < -0.39 is 30.1 Å². The fraction of sp³-hybridized carbons (Fsp3) is 0.333. The van der Waals surface area contributed by atoms with Crippen LogP contribution in [0.15, 0.2) is 6.20 Å². The molecule has 100 valence electrons. The molecule has 10 heteroatoms. The molecule has 0 spiro atoms. The van der Waals surface area contributed by atoms with Crippen molar-refractivity contribution in [2.45, 2.75) is 12.1 Å². The molecule has 2 bridgehead atoms. The summed E-state index contributed by atoms with van der Waals surface area (Å²) in [6, 6.07) is -3.76. The summed E-state index contributed by atoms with van der Waals surface area (Å²) in [5.74, 6) is -1.29. The van der Waals surface area contributed by atoms with Crippen LogP contribution >= 0.6 is 0 Å². The van der Waals surface area contributed by atoms with E-state index in [1.165, 1.54) is 6.20 Å². The van der Waals surface area contributed by atoms with Gasteiger partial charge < -0.3 is 15.7 Å². The third-order valence-electron chi connectivity index (χ3n) is 3.27. The number of aromatic nitrogens is 2. The van der Waals surface area contributed by atoms with Crippen LogP contribution in [0.4, 0.5) is 9.59 Å². The van der Waals surface area contributed by atoms with Crippen LogP contribution in [0.1, 0.15) is 23.3 Å². The minimum absolute atomic E-state index is 0.0176. The molecule has 2 atom stereocenters. The Balaban J connectivity index is 2.18. The SMILES string of the molecule is NC(=O)n1cc2c(n1)C(C(=O)O)N1C[C@H]2N(O)C1=O. The highest BCUT2D eigenvalue weighted by atomic mass is 16.5. The first kappa shape index (κ1) is 11.5. The lowest BCUT2D eigenvalue weighted by atomic mass is 9.98. The number of carboxylic acid groups (broad SMARTS) is 1. The summed E-state index contributed by atoms with van der Waals surface area (Å²) in [4.78, 5) is 35.0. The quantitative estimate of drug-likeness (QED) is 0.564. The van der Waals surface area contributed by atoms with Gasteiger partial charge in [0.1, 0.15) is 11.7 Å². The molecular weight excluding hydrogens is 258 g/mol. The molecule has 4 N–H and O–H groups in total. The Hall–Kier alpha value is -2.62. The van der Waals surface area contributed by atoms with E-state index in [2.05, 4.69) is 5.10 Å². The second-order valence-corrected chi connectivity index (χ2v) is 4.29. The number of primary amides is 1. The van der Waals surface area contributed by atoms with Crippen molar-refractivity contribution < 1.29 is 24.7 Å². The third kappa shape index (κ3) is 1.34. The molecular formula is C9H9N5O5. The molecule has 3 rings (SSSR count). The zero-order valence-electron chi connectivity index (χ0n) is 9.42. The van der Waals surface area contributed by atoms with E-state index in [9.17, 15) is 24.7 Å². The molecule has 3 amide bonds. The number of hydrogen-bond acceptors (Lipinski definition) is 5. The predicted octanol–water partition coefficient (Wildman–Crippen LogP) is -0.883. The smallest absolute Gasteiger partial charge is 0.345 e. The first-order valence-corrected chi connectivity index (χ1v) is 5.32. The number of amides is 3. The van der Waals surface area contributed by atoms with Crippen molar-refractivity contribution in [3.63, 3.8) is 0 Å². The number of fused-ring (bicyclic) bond motifs is 4. The van der Waals surface area contributed by atoms with Gasteiger partial charge >= 0.3 is 18.0 Å². The van der Waals surface area contributed by atoms with Gasteiger partial charge in [0, 0.05) is 11.8 Å². The number of carbonyl (C=O) groups is 3. The van der Waals surface area contributed by atoms with E-state index in [0.717, 1.165) is 9.58 Å². The number of hydrogen-bond donors (Lipinski definition) is 3. The Labute approximate surface area is 105 Å². The van der Waals surface area contributed by atoms with Gasteiger partial charge in [0.2, 0.25) is 0 Å². The highest BCUT2D eigenvalue weighted by Gasteiger charge is 2.52. The number of rotatable bonds is 1. The van der Waals surface area contributed by atoms with Gasteiger partial charge in [-0.15, -0.1) is 0 Å². The normalized spacial score (nSPS) is 24.6. The third-order valence-corrected chi connectivity index (χ3v) is 3.27. The topological polar surface area (TPSA) is 142 Å². The highest BCUT2D eigenvalue weighted by Crippen LogP contribution is 2.42. The molecule has 19 heavy (non-hydrogen) atoms. The fourth-order valence-electron chi connectivity index (χ4n) is 2.43. The lowest BCUT2D eigenvalue weighted by molar-refractivity contribution is -0.142. The molecule has 1 aromatic heterocycles. The van der Waals surface area contributed by atoms with Gasteiger partial charge in [-0.05, 0) is 0 Å². The zero-order valence-corrected chi connectivity index (χ0v) is 9.42. The van der Waals surface area contributed by atoms with Crippen molar-refractivity contribution in [3.05, 3.63) is 17.5 Å². The van der Waals surface area contributed by atoms with Crippen LogP contribution < -0.4 is 5.73 Å². The van der Waals surface area contributed by atoms with Crippen molar-refractivity contribution in [1.29, 1.82) is 0 Å². The standard InChI is InChI=1S/C9H9N5O5/c10-8(17)13-1-3-4-2-12(9(18)14(4)19)6(7(15)16)5(3)11-13/h1,4,6,19H,2H2,(H2,10,17)(H,15,16)/t4-,6?/m1/s1. The molecule has 0 radical (unpaired) electrons. The van der Waals surface area contributed by atoms with Crippen molar-refractivity contribution in [2.24, 2.45) is 5.73 Å². The second-order valence-electron chi connectivity index (χ2n) is 4.29. The molecule has 0 saturated carbocycles. The Bertz CT molecular complexity index is 610. The second kappa shape index (κ2) is 3.45. The van der Waals surface area contributed by atoms with Gasteiger partial charge in [-0.3, -0.25) is 5.21 Å². The molecule has 0 aromatic carbocycles. The van der Waals surface area contributed by atoms with Crippen LogP contribution in [0, 0.1) is 0 Å². The molecule has 3 heterocycles. The van der Waals surface area contributed by atoms with Crippen LogP contribution in [0.3, 0.4) is 0 Å². The van der Waals surface area contributed by atoms with Crippen LogP contribution in [0.5, 0.6) is 0 Å². The molecule has 2 aliphatic heterocycles. The van der Waals surface area contributed by atoms with Crippen LogP contribution in [-0.4, -0.2) is 54.6 Å². The Morgan fingerprint density at radius 2 is 2.16 bits per heavy atom. The maximum absolute atomic E-state index is 11.7. The van der Waals surface area contributed by atoms with Crippen molar-refractivity contribution >= 4 is 18.0 Å². The Morgan fingerprint density at radius 1 is 1.47 bits per heavy atom. The number of urea groups is 1. The average molecular weight is 267 g/mol. The highest BCUT2D eigenvalue weighted by molar-refractivity contribution is 5.87. The van der Waals surface area contributed by atoms with E-state index >= 15 is 0 Å². The number of nitrogens with zero attached hydrogens (tertiary/aromatic N) is 4. The fourth-order valence-corrected chi connectivity index (χ4v) is 2.43. The largest absolute Gasteiger partial charge is 0.479 e. The zero-order chi connectivity index (χ0) is 13.9. The minimum Gasteiger partial charge on any atom is -0.479 e. The molecule has 0 aliphatic carbocycles. The van der Waals surface area contributed by atoms with Gasteiger partial charge in [0.15, 0.2) is 6.04 Å². The molecule has 1 unspecified atom stereocenters.